The van der Waals surface area contributed by atoms with Gasteiger partial charge in [-0.1, -0.05) is 36.4 Å². The zero-order valence-corrected chi connectivity index (χ0v) is 30.7. The number of hydrogen-bond donors (Lipinski definition) is 5. The van der Waals surface area contributed by atoms with E-state index in [2.05, 4.69) is 31.0 Å². The molecule has 1 aliphatic rings. The van der Waals surface area contributed by atoms with E-state index in [4.69, 9.17) is 5.73 Å². The smallest absolute Gasteiger partial charge is 0.296 e. The number of fused-ring (bicyclic) bond motifs is 3. The molecule has 7 rings (SSSR count). The topological polar surface area (TPSA) is 280 Å². The number of nitrogens with one attached hydrogen (secondary N) is 1. The van der Waals surface area contributed by atoms with Gasteiger partial charge in [0.15, 0.2) is 5.71 Å². The van der Waals surface area contributed by atoms with Crippen molar-refractivity contribution in [1.29, 1.82) is 0 Å². The second-order valence-electron chi connectivity index (χ2n) is 12.1. The molecule has 0 aliphatic heterocycles. The van der Waals surface area contributed by atoms with E-state index in [1.54, 1.807) is 30.3 Å². The van der Waals surface area contributed by atoms with Crippen molar-refractivity contribution in [2.45, 2.75) is 9.79 Å². The number of ketones is 1. The van der Waals surface area contributed by atoms with Crippen LogP contribution in [-0.4, -0.2) is 50.4 Å². The zero-order valence-electron chi connectivity index (χ0n) is 28.2. The number of benzene rings is 6. The fourth-order valence-electron chi connectivity index (χ4n) is 5.77. The van der Waals surface area contributed by atoms with Crippen LogP contribution in [0.5, 0.6) is 0 Å². The highest BCUT2D eigenvalue weighted by Gasteiger charge is 2.33. The van der Waals surface area contributed by atoms with Crippen LogP contribution in [0.4, 0.5) is 34.1 Å². The van der Waals surface area contributed by atoms with Gasteiger partial charge in [0.05, 0.1) is 38.2 Å². The minimum absolute atomic E-state index is 0.00850. The third-order valence-corrected chi connectivity index (χ3v) is 11.0. The normalized spacial score (nSPS) is 14.5. The monoisotopic (exact) mass is 811 g/mol. The SMILES string of the molecule is Nc1ccc2c(c1)C(=O)/C(=N\Nc1ccc(N=Nc3ccc(N=Nc4ccccc4)c4ccc(S(=O)(=O)O)cc34)c3ccc(S(=O)(=O)O)cc13)C(S(=O)(=O)O)=C2. The van der Waals surface area contributed by atoms with Crippen LogP contribution in [0.3, 0.4) is 0 Å². The molecule has 0 unspecified atom stereocenters. The summed E-state index contributed by atoms with van der Waals surface area (Å²) in [6, 6.07) is 26.1. The van der Waals surface area contributed by atoms with Crippen LogP contribution in [0.1, 0.15) is 15.9 Å². The second-order valence-corrected chi connectivity index (χ2v) is 16.3. The van der Waals surface area contributed by atoms with E-state index in [0.717, 1.165) is 18.2 Å². The molecule has 6 aromatic carbocycles. The highest BCUT2D eigenvalue weighted by Crippen LogP contribution is 2.39. The van der Waals surface area contributed by atoms with Crippen LogP contribution in [0, 0.1) is 0 Å². The van der Waals surface area contributed by atoms with Crippen molar-refractivity contribution in [3.63, 3.8) is 0 Å². The molecule has 17 nitrogen and oxygen atoms in total. The minimum atomic E-state index is -4.98. The second kappa shape index (κ2) is 14.3. The molecule has 0 bridgehead atoms. The summed E-state index contributed by atoms with van der Waals surface area (Å²) in [5.74, 6) is -0.889. The first kappa shape index (κ1) is 37.8. The average Bonchev–Trinajstić information content (AvgIpc) is 3.15. The fraction of sp³-hybridized carbons (Fsp3) is 0. The molecule has 56 heavy (non-hydrogen) atoms. The molecule has 0 aromatic heterocycles. The number of hydrazone groups is 1. The van der Waals surface area contributed by atoms with E-state index in [1.165, 1.54) is 60.7 Å². The molecule has 6 N–H and O–H groups in total. The molecule has 0 atom stereocenters. The number of nitrogens with zero attached hydrogens (tertiary/aromatic N) is 5. The molecule has 282 valence electrons. The first-order chi connectivity index (χ1) is 26.5. The summed E-state index contributed by atoms with van der Waals surface area (Å²) in [5, 5.41) is 22.1. The Labute approximate surface area is 317 Å². The molecular weight excluding hydrogens is 787 g/mol. The van der Waals surface area contributed by atoms with Gasteiger partial charge in [-0.15, -0.1) is 15.3 Å². The Bertz CT molecular complexity index is 3110. The van der Waals surface area contributed by atoms with E-state index < -0.39 is 56.5 Å². The molecular formula is C36H25N7O10S3. The molecule has 0 spiro atoms. The third kappa shape index (κ3) is 7.68. The molecule has 0 amide bonds. The first-order valence-corrected chi connectivity index (χ1v) is 20.2. The third-order valence-electron chi connectivity index (χ3n) is 8.42. The van der Waals surface area contributed by atoms with E-state index in [0.29, 0.717) is 16.8 Å². The molecule has 6 aromatic rings. The molecule has 0 heterocycles. The van der Waals surface area contributed by atoms with Crippen molar-refractivity contribution in [3.8, 4) is 0 Å². The molecule has 0 fully saturated rings. The Balaban J connectivity index is 1.33. The highest BCUT2D eigenvalue weighted by atomic mass is 32.2. The van der Waals surface area contributed by atoms with Gasteiger partial charge in [-0.05, 0) is 84.4 Å². The van der Waals surface area contributed by atoms with Gasteiger partial charge in [-0.25, -0.2) is 0 Å². The van der Waals surface area contributed by atoms with Crippen molar-refractivity contribution >= 4 is 104 Å². The van der Waals surface area contributed by atoms with E-state index in [-0.39, 0.29) is 50.0 Å². The molecule has 20 heteroatoms. The van der Waals surface area contributed by atoms with Gasteiger partial charge in [0.2, 0.25) is 5.78 Å². The number of nitrogens with two attached hydrogens (primary N) is 1. The Hall–Kier alpha value is -6.55. The lowest BCUT2D eigenvalue weighted by molar-refractivity contribution is 0.106. The summed E-state index contributed by atoms with van der Waals surface area (Å²) in [7, 11) is -14.4. The molecule has 0 saturated carbocycles. The number of rotatable bonds is 9. The van der Waals surface area contributed by atoms with Crippen LogP contribution in [-0.2, 0) is 30.4 Å². The quantitative estimate of drug-likeness (QED) is 0.0405. The maximum absolute atomic E-state index is 13.4. The Morgan fingerprint density at radius 3 is 1.71 bits per heavy atom. The largest absolute Gasteiger partial charge is 0.399 e. The Kier molecular flexibility index (Phi) is 9.62. The number of azo groups is 2. The van der Waals surface area contributed by atoms with Crippen LogP contribution in [0.2, 0.25) is 0 Å². The van der Waals surface area contributed by atoms with E-state index in [1.807, 2.05) is 6.07 Å². The maximum Gasteiger partial charge on any atom is 0.296 e. The van der Waals surface area contributed by atoms with Crippen molar-refractivity contribution in [1.82, 2.24) is 0 Å². The van der Waals surface area contributed by atoms with Gasteiger partial charge in [0, 0.05) is 32.8 Å². The van der Waals surface area contributed by atoms with Crippen LogP contribution in [0.25, 0.3) is 27.6 Å². The lowest BCUT2D eigenvalue weighted by Gasteiger charge is -2.17. The van der Waals surface area contributed by atoms with Crippen LogP contribution >= 0.6 is 0 Å². The number of Topliss-reactive ketones (excluding diaryl/α,β-unsaturated/α-hetero) is 1. The van der Waals surface area contributed by atoms with E-state index in [9.17, 15) is 43.7 Å². The fourth-order valence-corrected chi connectivity index (χ4v) is 7.44. The van der Waals surface area contributed by atoms with Crippen molar-refractivity contribution in [2.75, 3.05) is 11.2 Å². The predicted molar refractivity (Wildman–Crippen MR) is 208 cm³/mol. The van der Waals surface area contributed by atoms with Gasteiger partial charge < -0.3 is 5.73 Å². The first-order valence-electron chi connectivity index (χ1n) is 15.9. The predicted octanol–water partition coefficient (Wildman–Crippen LogP) is 7.79. The maximum atomic E-state index is 13.4. The summed E-state index contributed by atoms with van der Waals surface area (Å²) >= 11 is 0. The Morgan fingerprint density at radius 1 is 0.554 bits per heavy atom. The molecule has 0 radical (unpaired) electrons. The number of hydrogen-bond acceptors (Lipinski definition) is 14. The van der Waals surface area contributed by atoms with Crippen LogP contribution < -0.4 is 11.2 Å². The zero-order chi connectivity index (χ0) is 40.0. The number of anilines is 2. The minimum Gasteiger partial charge on any atom is -0.399 e. The summed E-state index contributed by atoms with van der Waals surface area (Å²) in [4.78, 5) is 11.7. The summed E-state index contributed by atoms with van der Waals surface area (Å²) in [6.07, 6.45) is 1.05. The van der Waals surface area contributed by atoms with Crippen molar-refractivity contribution in [3.05, 3.63) is 125 Å². The number of carbonyl (C=O) groups is 1. The van der Waals surface area contributed by atoms with Gasteiger partial charge in [-0.3, -0.25) is 23.9 Å². The average molecular weight is 812 g/mol. The van der Waals surface area contributed by atoms with Crippen molar-refractivity contribution < 1.29 is 43.7 Å². The van der Waals surface area contributed by atoms with E-state index >= 15 is 0 Å². The number of nitrogen functional groups attached to an aromatic ring is 1. The summed E-state index contributed by atoms with van der Waals surface area (Å²) in [5.41, 5.74) is 9.26. The molecule has 1 aliphatic carbocycles. The lowest BCUT2D eigenvalue weighted by Crippen LogP contribution is -2.27. The lowest BCUT2D eigenvalue weighted by atomic mass is 9.94. The summed E-state index contributed by atoms with van der Waals surface area (Å²) in [6.45, 7) is 0. The van der Waals surface area contributed by atoms with Crippen molar-refractivity contribution in [2.24, 2.45) is 25.6 Å². The van der Waals surface area contributed by atoms with Gasteiger partial charge in [0.25, 0.3) is 30.4 Å². The Morgan fingerprint density at radius 2 is 1.11 bits per heavy atom. The highest BCUT2D eigenvalue weighted by molar-refractivity contribution is 7.91. The van der Waals surface area contributed by atoms with Gasteiger partial charge in [0.1, 0.15) is 4.91 Å². The summed E-state index contributed by atoms with van der Waals surface area (Å²) < 4.78 is 103. The van der Waals surface area contributed by atoms with Gasteiger partial charge >= 0.3 is 0 Å². The number of carbonyl (C=O) groups excluding carboxylic acids is 1. The number of allylic oxidation sites excluding steroid dienone is 1. The standard InChI is InChI=1S/C36H25N7O10S3/c37-21-7-6-20-16-34(56(51,52)53)35(36(44)27(20)17-21)43-42-33-15-13-31(26-11-9-24(19-29(26)33)55(48,49)50)40-41-32-14-12-30(39-38-22-4-2-1-3-5-22)25-10-8-23(18-28(25)32)54(45,46)47/h1-19,42H,37H2,(H,45,46,47)(H,48,49,50)(H,51,52,53)/b39-38?,41-40?,43-35-. The van der Waals surface area contributed by atoms with Gasteiger partial charge in [-0.2, -0.15) is 35.5 Å². The molecule has 0 saturated heterocycles. The van der Waals surface area contributed by atoms with Crippen LogP contribution in [0.15, 0.2) is 149 Å².